The quantitative estimate of drug-likeness (QED) is 0.508. The standard InChI is InChI=1S/C15H18N2O/c1-17(16)15(18)8-4-5-12-9-10-13-6-2-3-7-14(13)11-12/h2-3,6-7,9-11H,4-5,8,16H2,1H3. The molecule has 0 radical (unpaired) electrons. The van der Waals surface area contributed by atoms with Gasteiger partial charge in [-0.2, -0.15) is 0 Å². The highest BCUT2D eigenvalue weighted by molar-refractivity contribution is 5.83. The normalized spacial score (nSPS) is 10.6. The van der Waals surface area contributed by atoms with E-state index in [1.165, 1.54) is 16.3 Å². The summed E-state index contributed by atoms with van der Waals surface area (Å²) in [7, 11) is 1.58. The van der Waals surface area contributed by atoms with Crippen LogP contribution in [0.3, 0.4) is 0 Å². The fourth-order valence-electron chi connectivity index (χ4n) is 2.01. The van der Waals surface area contributed by atoms with Gasteiger partial charge in [0.2, 0.25) is 5.91 Å². The molecule has 0 saturated carbocycles. The molecule has 18 heavy (non-hydrogen) atoms. The molecule has 0 saturated heterocycles. The number of rotatable bonds is 4. The predicted octanol–water partition coefficient (Wildman–Crippen LogP) is 2.49. The Hall–Kier alpha value is -1.87. The summed E-state index contributed by atoms with van der Waals surface area (Å²) >= 11 is 0. The Morgan fingerprint density at radius 1 is 1.17 bits per heavy atom. The van der Waals surface area contributed by atoms with Crippen LogP contribution in [-0.2, 0) is 11.2 Å². The summed E-state index contributed by atoms with van der Waals surface area (Å²) in [6, 6.07) is 14.7. The molecule has 94 valence electrons. The van der Waals surface area contributed by atoms with Crippen LogP contribution < -0.4 is 5.84 Å². The second-order valence-corrected chi connectivity index (χ2v) is 4.54. The average Bonchev–Trinajstić information content (AvgIpc) is 2.38. The third kappa shape index (κ3) is 3.08. The molecule has 2 aromatic carbocycles. The maximum absolute atomic E-state index is 11.3. The van der Waals surface area contributed by atoms with Crippen molar-refractivity contribution < 1.29 is 4.79 Å². The van der Waals surface area contributed by atoms with Gasteiger partial charge in [-0.05, 0) is 29.2 Å². The first-order chi connectivity index (χ1) is 8.66. The molecule has 0 aliphatic heterocycles. The number of aryl methyl sites for hydroxylation is 1. The topological polar surface area (TPSA) is 46.3 Å². The van der Waals surface area contributed by atoms with Crippen molar-refractivity contribution in [3.05, 3.63) is 48.0 Å². The van der Waals surface area contributed by atoms with Crippen molar-refractivity contribution in [1.29, 1.82) is 0 Å². The number of nitrogens with zero attached hydrogens (tertiary/aromatic N) is 1. The Labute approximate surface area is 107 Å². The van der Waals surface area contributed by atoms with Crippen molar-refractivity contribution >= 4 is 16.7 Å². The molecule has 0 fully saturated rings. The fraction of sp³-hybridized carbons (Fsp3) is 0.267. The van der Waals surface area contributed by atoms with Gasteiger partial charge >= 0.3 is 0 Å². The molecule has 0 unspecified atom stereocenters. The van der Waals surface area contributed by atoms with Gasteiger partial charge in [0.05, 0.1) is 0 Å². The molecule has 2 N–H and O–H groups in total. The van der Waals surface area contributed by atoms with Crippen LogP contribution in [0, 0.1) is 0 Å². The molecular weight excluding hydrogens is 224 g/mol. The predicted molar refractivity (Wildman–Crippen MR) is 73.8 cm³/mol. The van der Waals surface area contributed by atoms with Gasteiger partial charge in [-0.3, -0.25) is 9.80 Å². The minimum absolute atomic E-state index is 0.0178. The highest BCUT2D eigenvalue weighted by atomic mass is 16.2. The zero-order valence-electron chi connectivity index (χ0n) is 10.6. The first kappa shape index (κ1) is 12.6. The van der Waals surface area contributed by atoms with Gasteiger partial charge in [0.1, 0.15) is 0 Å². The highest BCUT2D eigenvalue weighted by Gasteiger charge is 2.04. The van der Waals surface area contributed by atoms with Crippen LogP contribution in [-0.4, -0.2) is 18.0 Å². The van der Waals surface area contributed by atoms with E-state index >= 15 is 0 Å². The van der Waals surface area contributed by atoms with E-state index in [0.29, 0.717) is 6.42 Å². The SMILES string of the molecule is CN(N)C(=O)CCCc1ccc2ccccc2c1. The zero-order valence-corrected chi connectivity index (χ0v) is 10.6. The number of fused-ring (bicyclic) bond motifs is 1. The number of nitrogens with two attached hydrogens (primary N) is 1. The van der Waals surface area contributed by atoms with Crippen LogP contribution in [0.25, 0.3) is 10.8 Å². The van der Waals surface area contributed by atoms with Crippen LogP contribution in [0.4, 0.5) is 0 Å². The summed E-state index contributed by atoms with van der Waals surface area (Å²) in [6.45, 7) is 0. The minimum Gasteiger partial charge on any atom is -0.284 e. The number of amides is 1. The molecule has 0 spiro atoms. The van der Waals surface area contributed by atoms with Gasteiger partial charge in [-0.1, -0.05) is 42.5 Å². The number of hydrogen-bond donors (Lipinski definition) is 1. The first-order valence-electron chi connectivity index (χ1n) is 6.16. The summed E-state index contributed by atoms with van der Waals surface area (Å²) in [4.78, 5) is 11.3. The largest absolute Gasteiger partial charge is 0.284 e. The van der Waals surface area contributed by atoms with Crippen LogP contribution in [0.5, 0.6) is 0 Å². The molecule has 3 nitrogen and oxygen atoms in total. The van der Waals surface area contributed by atoms with Crippen molar-refractivity contribution in [3.8, 4) is 0 Å². The van der Waals surface area contributed by atoms with E-state index in [9.17, 15) is 4.79 Å². The van der Waals surface area contributed by atoms with Crippen molar-refractivity contribution in [3.63, 3.8) is 0 Å². The van der Waals surface area contributed by atoms with E-state index in [2.05, 4.69) is 30.3 Å². The average molecular weight is 242 g/mol. The lowest BCUT2D eigenvalue weighted by molar-refractivity contribution is -0.130. The molecular formula is C15H18N2O. The number of carbonyl (C=O) groups is 1. The lowest BCUT2D eigenvalue weighted by Gasteiger charge is -2.09. The number of hydrogen-bond acceptors (Lipinski definition) is 2. The molecule has 2 rings (SSSR count). The van der Waals surface area contributed by atoms with Crippen LogP contribution in [0.2, 0.25) is 0 Å². The van der Waals surface area contributed by atoms with E-state index < -0.39 is 0 Å². The summed E-state index contributed by atoms with van der Waals surface area (Å²) in [5, 5.41) is 3.65. The van der Waals surface area contributed by atoms with Crippen molar-refractivity contribution in [2.45, 2.75) is 19.3 Å². The third-order valence-corrected chi connectivity index (χ3v) is 3.06. The van der Waals surface area contributed by atoms with Crippen molar-refractivity contribution in [2.75, 3.05) is 7.05 Å². The summed E-state index contributed by atoms with van der Waals surface area (Å²) < 4.78 is 0. The fourth-order valence-corrected chi connectivity index (χ4v) is 2.01. The van der Waals surface area contributed by atoms with E-state index in [0.717, 1.165) is 17.9 Å². The Balaban J connectivity index is 1.98. The van der Waals surface area contributed by atoms with Gasteiger partial charge in [0.25, 0.3) is 0 Å². The molecule has 0 aromatic heterocycles. The molecule has 0 aliphatic rings. The molecule has 0 aliphatic carbocycles. The minimum atomic E-state index is -0.0178. The Bertz CT molecular complexity index is 549. The maximum Gasteiger partial charge on any atom is 0.236 e. The first-order valence-corrected chi connectivity index (χ1v) is 6.16. The van der Waals surface area contributed by atoms with Gasteiger partial charge in [0.15, 0.2) is 0 Å². The van der Waals surface area contributed by atoms with E-state index in [4.69, 9.17) is 5.84 Å². The second kappa shape index (κ2) is 5.65. The number of carbonyl (C=O) groups excluding carboxylic acids is 1. The van der Waals surface area contributed by atoms with Gasteiger partial charge in [-0.15, -0.1) is 0 Å². The number of benzene rings is 2. The van der Waals surface area contributed by atoms with Crippen LogP contribution >= 0.6 is 0 Å². The summed E-state index contributed by atoms with van der Waals surface area (Å²) in [5.74, 6) is 5.36. The highest BCUT2D eigenvalue weighted by Crippen LogP contribution is 2.17. The van der Waals surface area contributed by atoms with Crippen molar-refractivity contribution in [2.24, 2.45) is 5.84 Å². The van der Waals surface area contributed by atoms with Crippen molar-refractivity contribution in [1.82, 2.24) is 5.01 Å². The third-order valence-electron chi connectivity index (χ3n) is 3.06. The molecule has 3 heteroatoms. The lowest BCUT2D eigenvalue weighted by atomic mass is 10.0. The zero-order chi connectivity index (χ0) is 13.0. The molecule has 0 heterocycles. The Morgan fingerprint density at radius 3 is 2.61 bits per heavy atom. The summed E-state index contributed by atoms with van der Waals surface area (Å²) in [5.41, 5.74) is 1.26. The molecule has 2 aromatic rings. The maximum atomic E-state index is 11.3. The molecule has 0 bridgehead atoms. The number of hydrazine groups is 1. The van der Waals surface area contributed by atoms with E-state index in [1.54, 1.807) is 7.05 Å². The molecule has 1 amide bonds. The second-order valence-electron chi connectivity index (χ2n) is 4.54. The van der Waals surface area contributed by atoms with Crippen LogP contribution in [0.15, 0.2) is 42.5 Å². The smallest absolute Gasteiger partial charge is 0.236 e. The Kier molecular flexibility index (Phi) is 3.95. The van der Waals surface area contributed by atoms with Gasteiger partial charge in [0, 0.05) is 13.5 Å². The van der Waals surface area contributed by atoms with Crippen LogP contribution in [0.1, 0.15) is 18.4 Å². The lowest BCUT2D eigenvalue weighted by Crippen LogP contribution is -2.32. The van der Waals surface area contributed by atoms with E-state index in [1.807, 2.05) is 12.1 Å². The Morgan fingerprint density at radius 2 is 1.89 bits per heavy atom. The van der Waals surface area contributed by atoms with E-state index in [-0.39, 0.29) is 5.91 Å². The van der Waals surface area contributed by atoms with Gasteiger partial charge < -0.3 is 0 Å². The van der Waals surface area contributed by atoms with Gasteiger partial charge in [-0.25, -0.2) is 5.84 Å². The summed E-state index contributed by atoms with van der Waals surface area (Å²) in [6.07, 6.45) is 2.24. The monoisotopic (exact) mass is 242 g/mol. The molecule has 0 atom stereocenters.